The predicted octanol–water partition coefficient (Wildman–Crippen LogP) is 10.6. The van der Waals surface area contributed by atoms with Gasteiger partial charge in [0.25, 0.3) is 0 Å². The second kappa shape index (κ2) is 31.1. The van der Waals surface area contributed by atoms with Crippen molar-refractivity contribution in [3.8, 4) is 0 Å². The number of unbranched alkanes of at least 4 members (excludes halogenated alkanes) is 24. The van der Waals surface area contributed by atoms with Crippen LogP contribution in [-0.2, 0) is 4.74 Å². The first-order chi connectivity index (χ1) is 17.7. The van der Waals surface area contributed by atoms with E-state index >= 15 is 0 Å². The molecule has 0 radical (unpaired) electrons. The average molecular weight is 513 g/mol. The zero-order valence-corrected chi connectivity index (χ0v) is 25.0. The van der Waals surface area contributed by atoms with E-state index in [2.05, 4.69) is 13.8 Å². The van der Waals surface area contributed by atoms with Gasteiger partial charge in [-0.3, -0.25) is 0 Å². The highest BCUT2D eigenvalue weighted by atomic mass is 16.6. The fraction of sp³-hybridized carbons (Fsp3) is 1.00. The van der Waals surface area contributed by atoms with Gasteiger partial charge in [0.2, 0.25) is 0 Å². The van der Waals surface area contributed by atoms with Crippen molar-refractivity contribution in [3.05, 3.63) is 0 Å². The highest BCUT2D eigenvalue weighted by Gasteiger charge is 2.13. The van der Waals surface area contributed by atoms with Crippen molar-refractivity contribution >= 4 is 0 Å². The van der Waals surface area contributed by atoms with Crippen LogP contribution in [0.3, 0.4) is 0 Å². The number of rotatable bonds is 31. The molecule has 0 aliphatic rings. The minimum atomic E-state index is -1.01. The van der Waals surface area contributed by atoms with Crippen molar-refractivity contribution < 1.29 is 14.9 Å². The molecule has 0 amide bonds. The van der Waals surface area contributed by atoms with Crippen LogP contribution >= 0.6 is 0 Å². The third kappa shape index (κ3) is 28.5. The smallest absolute Gasteiger partial charge is 0.178 e. The van der Waals surface area contributed by atoms with Gasteiger partial charge in [-0.2, -0.15) is 0 Å². The van der Waals surface area contributed by atoms with Crippen LogP contribution in [0.2, 0.25) is 0 Å². The summed E-state index contributed by atoms with van der Waals surface area (Å²) in [4.78, 5) is 0. The SMILES string of the molecule is CCCCCCCCCCCCCCCCCC(CCCCCCCCCCCCC)OC(O)CO. The van der Waals surface area contributed by atoms with Crippen molar-refractivity contribution in [2.75, 3.05) is 6.61 Å². The second-order valence-corrected chi connectivity index (χ2v) is 11.5. The minimum absolute atomic E-state index is 0.104. The molecule has 0 aromatic heterocycles. The molecule has 0 aliphatic carbocycles. The number of aliphatic hydroxyl groups excluding tert-OH is 2. The molecule has 218 valence electrons. The maximum Gasteiger partial charge on any atom is 0.178 e. The fourth-order valence-corrected chi connectivity index (χ4v) is 5.33. The van der Waals surface area contributed by atoms with Gasteiger partial charge in [-0.15, -0.1) is 0 Å². The molecule has 0 spiro atoms. The summed E-state index contributed by atoms with van der Waals surface area (Å²) in [6.45, 7) is 4.27. The molecule has 3 nitrogen and oxygen atoms in total. The summed E-state index contributed by atoms with van der Waals surface area (Å²) in [5.41, 5.74) is 0. The Balaban J connectivity index is 3.59. The first-order valence-electron chi connectivity index (χ1n) is 16.7. The predicted molar refractivity (Wildman–Crippen MR) is 159 cm³/mol. The Labute approximate surface area is 227 Å². The van der Waals surface area contributed by atoms with Gasteiger partial charge < -0.3 is 14.9 Å². The van der Waals surface area contributed by atoms with Crippen LogP contribution in [0, 0.1) is 0 Å². The molecular weight excluding hydrogens is 444 g/mol. The molecule has 0 heterocycles. The molecule has 2 atom stereocenters. The van der Waals surface area contributed by atoms with Gasteiger partial charge in [0, 0.05) is 0 Å². The first kappa shape index (κ1) is 35.9. The summed E-state index contributed by atoms with van der Waals surface area (Å²) in [6.07, 6.45) is 36.8. The Hall–Kier alpha value is -0.120. The number of hydrogen-bond donors (Lipinski definition) is 2. The van der Waals surface area contributed by atoms with Crippen LogP contribution in [-0.4, -0.2) is 29.2 Å². The molecule has 2 unspecified atom stereocenters. The standard InChI is InChI=1S/C33H68O3/c1-3-5-7-9-11-13-15-16-17-18-20-22-24-26-28-30-32(36-33(35)31-34)29-27-25-23-21-19-14-12-10-8-6-4-2/h32-35H,3-31H2,1-2H3. The Kier molecular flexibility index (Phi) is 31.0. The number of ether oxygens (including phenoxy) is 1. The first-order valence-corrected chi connectivity index (χ1v) is 16.7. The Morgan fingerprint density at radius 1 is 0.417 bits per heavy atom. The molecular formula is C33H68O3. The zero-order valence-electron chi connectivity index (χ0n) is 25.0. The molecule has 0 saturated heterocycles. The molecule has 0 saturated carbocycles. The van der Waals surface area contributed by atoms with Crippen LogP contribution in [0.1, 0.15) is 194 Å². The van der Waals surface area contributed by atoms with Crippen molar-refractivity contribution in [3.63, 3.8) is 0 Å². The third-order valence-electron chi connectivity index (χ3n) is 7.77. The van der Waals surface area contributed by atoms with Crippen molar-refractivity contribution in [1.29, 1.82) is 0 Å². The van der Waals surface area contributed by atoms with Crippen molar-refractivity contribution in [2.45, 2.75) is 206 Å². The lowest BCUT2D eigenvalue weighted by Crippen LogP contribution is -2.25. The van der Waals surface area contributed by atoms with Crippen LogP contribution in [0.15, 0.2) is 0 Å². The summed E-state index contributed by atoms with van der Waals surface area (Å²) in [6, 6.07) is 0. The normalized spacial score (nSPS) is 13.3. The van der Waals surface area contributed by atoms with E-state index in [1.54, 1.807) is 0 Å². The molecule has 0 aromatic carbocycles. The molecule has 0 fully saturated rings. The molecule has 36 heavy (non-hydrogen) atoms. The minimum Gasteiger partial charge on any atom is -0.391 e. The molecule has 0 aliphatic heterocycles. The van der Waals surface area contributed by atoms with Crippen LogP contribution < -0.4 is 0 Å². The Morgan fingerprint density at radius 2 is 0.667 bits per heavy atom. The van der Waals surface area contributed by atoms with E-state index < -0.39 is 6.29 Å². The highest BCUT2D eigenvalue weighted by molar-refractivity contribution is 4.61. The summed E-state index contributed by atoms with van der Waals surface area (Å²) in [5.74, 6) is 0. The third-order valence-corrected chi connectivity index (χ3v) is 7.77. The van der Waals surface area contributed by atoms with Crippen molar-refractivity contribution in [1.82, 2.24) is 0 Å². The lowest BCUT2D eigenvalue weighted by Gasteiger charge is -2.20. The van der Waals surface area contributed by atoms with Gasteiger partial charge >= 0.3 is 0 Å². The van der Waals surface area contributed by atoms with Gasteiger partial charge in [0.05, 0.1) is 12.7 Å². The molecule has 3 heteroatoms. The molecule has 0 aromatic rings. The number of hydrogen-bond acceptors (Lipinski definition) is 3. The summed E-state index contributed by atoms with van der Waals surface area (Å²) < 4.78 is 5.72. The van der Waals surface area contributed by atoms with Crippen LogP contribution in [0.25, 0.3) is 0 Å². The van der Waals surface area contributed by atoms with E-state index in [0.29, 0.717) is 0 Å². The van der Waals surface area contributed by atoms with Gasteiger partial charge in [-0.25, -0.2) is 0 Å². The summed E-state index contributed by atoms with van der Waals surface area (Å²) in [5, 5.41) is 18.9. The van der Waals surface area contributed by atoms with E-state index in [1.807, 2.05) is 0 Å². The largest absolute Gasteiger partial charge is 0.391 e. The Morgan fingerprint density at radius 3 is 0.917 bits per heavy atom. The van der Waals surface area contributed by atoms with Gasteiger partial charge in [0.1, 0.15) is 0 Å². The van der Waals surface area contributed by atoms with E-state index in [4.69, 9.17) is 4.74 Å². The zero-order chi connectivity index (χ0) is 26.4. The van der Waals surface area contributed by atoms with E-state index in [9.17, 15) is 10.2 Å². The second-order valence-electron chi connectivity index (χ2n) is 11.5. The highest BCUT2D eigenvalue weighted by Crippen LogP contribution is 2.19. The van der Waals surface area contributed by atoms with E-state index in [-0.39, 0.29) is 12.7 Å². The quantitative estimate of drug-likeness (QED) is 0.0717. The van der Waals surface area contributed by atoms with Gasteiger partial charge in [0.15, 0.2) is 6.29 Å². The monoisotopic (exact) mass is 513 g/mol. The summed E-state index contributed by atoms with van der Waals surface area (Å²) in [7, 11) is 0. The lowest BCUT2D eigenvalue weighted by atomic mass is 10.0. The van der Waals surface area contributed by atoms with Gasteiger partial charge in [-0.05, 0) is 12.8 Å². The van der Waals surface area contributed by atoms with Crippen LogP contribution in [0.4, 0.5) is 0 Å². The molecule has 2 N–H and O–H groups in total. The topological polar surface area (TPSA) is 49.7 Å². The van der Waals surface area contributed by atoms with Gasteiger partial charge in [-0.1, -0.05) is 181 Å². The lowest BCUT2D eigenvalue weighted by molar-refractivity contribution is -0.159. The van der Waals surface area contributed by atoms with E-state index in [1.165, 1.54) is 167 Å². The van der Waals surface area contributed by atoms with Crippen LogP contribution in [0.5, 0.6) is 0 Å². The summed E-state index contributed by atoms with van der Waals surface area (Å²) >= 11 is 0. The average Bonchev–Trinajstić information content (AvgIpc) is 2.89. The fourth-order valence-electron chi connectivity index (χ4n) is 5.33. The van der Waals surface area contributed by atoms with E-state index in [0.717, 1.165) is 12.8 Å². The molecule has 0 bridgehead atoms. The number of aliphatic hydroxyl groups is 2. The van der Waals surface area contributed by atoms with Crippen molar-refractivity contribution in [2.24, 2.45) is 0 Å². The maximum atomic E-state index is 9.76. The Bertz CT molecular complexity index is 387. The molecule has 0 rings (SSSR count). The maximum absolute atomic E-state index is 9.76.